The fraction of sp³-hybridized carbons (Fsp3) is 0.167. The topological polar surface area (TPSA) is 29.1 Å². The molecular weight excluding hydrogens is 246 g/mol. The van der Waals surface area contributed by atoms with Crippen LogP contribution in [0.2, 0.25) is 0 Å². The third-order valence-electron chi connectivity index (χ3n) is 3.79. The van der Waals surface area contributed by atoms with Gasteiger partial charge in [0.05, 0.1) is 6.04 Å². The van der Waals surface area contributed by atoms with Gasteiger partial charge in [-0.2, -0.15) is 0 Å². The summed E-state index contributed by atoms with van der Waals surface area (Å²) >= 11 is 0. The van der Waals surface area contributed by atoms with Crippen molar-refractivity contribution >= 4 is 11.5 Å². The minimum atomic E-state index is -0.0511. The lowest BCUT2D eigenvalue weighted by atomic mass is 9.87. The Morgan fingerprint density at radius 3 is 2.15 bits per heavy atom. The average molecular weight is 263 g/mol. The smallest absolute Gasteiger partial charge is 0.162 e. The maximum atomic E-state index is 12.2. The van der Waals surface area contributed by atoms with Gasteiger partial charge in [-0.15, -0.1) is 0 Å². The Hall–Kier alpha value is -2.35. The standard InChI is InChI=1S/C18H17NO/c1-13-17(20)12-16(14-8-4-2-5-9-14)19-18(13)15-10-6-3-7-11-15/h2-13,18-19H,1H3. The first-order valence-electron chi connectivity index (χ1n) is 6.88. The second-order valence-electron chi connectivity index (χ2n) is 5.15. The summed E-state index contributed by atoms with van der Waals surface area (Å²) in [6.07, 6.45) is 1.72. The number of rotatable bonds is 2. The first-order valence-corrected chi connectivity index (χ1v) is 6.88. The Kier molecular flexibility index (Phi) is 3.38. The van der Waals surface area contributed by atoms with Crippen molar-refractivity contribution in [2.24, 2.45) is 5.92 Å². The van der Waals surface area contributed by atoms with E-state index in [9.17, 15) is 4.79 Å². The highest BCUT2D eigenvalue weighted by Crippen LogP contribution is 2.30. The van der Waals surface area contributed by atoms with Crippen LogP contribution in [0.4, 0.5) is 0 Å². The van der Waals surface area contributed by atoms with Crippen LogP contribution in [0.1, 0.15) is 24.1 Å². The molecule has 20 heavy (non-hydrogen) atoms. The normalized spacial score (nSPS) is 22.1. The Morgan fingerprint density at radius 2 is 1.50 bits per heavy atom. The molecule has 2 unspecified atom stereocenters. The van der Waals surface area contributed by atoms with Gasteiger partial charge in [-0.1, -0.05) is 67.6 Å². The molecule has 1 heterocycles. The molecule has 2 aromatic carbocycles. The van der Waals surface area contributed by atoms with Crippen LogP contribution in [-0.2, 0) is 4.79 Å². The SMILES string of the molecule is CC1C(=O)C=C(c2ccccc2)NC1c1ccccc1. The third kappa shape index (κ3) is 2.37. The van der Waals surface area contributed by atoms with Crippen LogP contribution in [0.3, 0.4) is 0 Å². The monoisotopic (exact) mass is 263 g/mol. The van der Waals surface area contributed by atoms with Gasteiger partial charge in [0.1, 0.15) is 0 Å². The first kappa shape index (κ1) is 12.7. The quantitative estimate of drug-likeness (QED) is 0.897. The molecule has 0 fully saturated rings. The van der Waals surface area contributed by atoms with E-state index in [0.29, 0.717) is 0 Å². The van der Waals surface area contributed by atoms with E-state index < -0.39 is 0 Å². The van der Waals surface area contributed by atoms with Crippen LogP contribution in [0.15, 0.2) is 66.7 Å². The number of carbonyl (C=O) groups is 1. The molecule has 3 rings (SSSR count). The van der Waals surface area contributed by atoms with E-state index in [2.05, 4.69) is 17.4 Å². The predicted molar refractivity (Wildman–Crippen MR) is 80.9 cm³/mol. The van der Waals surface area contributed by atoms with Crippen LogP contribution in [0.25, 0.3) is 5.70 Å². The zero-order valence-corrected chi connectivity index (χ0v) is 11.4. The molecule has 0 aliphatic carbocycles. The van der Waals surface area contributed by atoms with Crippen molar-refractivity contribution in [1.82, 2.24) is 5.32 Å². The Morgan fingerprint density at radius 1 is 0.900 bits per heavy atom. The maximum absolute atomic E-state index is 12.2. The van der Waals surface area contributed by atoms with E-state index in [1.165, 1.54) is 0 Å². The van der Waals surface area contributed by atoms with E-state index in [4.69, 9.17) is 0 Å². The zero-order chi connectivity index (χ0) is 13.9. The number of carbonyl (C=O) groups excluding carboxylic acids is 1. The van der Waals surface area contributed by atoms with Gasteiger partial charge in [-0.25, -0.2) is 0 Å². The molecule has 0 saturated carbocycles. The Balaban J connectivity index is 1.96. The summed E-state index contributed by atoms with van der Waals surface area (Å²) in [6, 6.07) is 20.2. The highest BCUT2D eigenvalue weighted by molar-refractivity contribution is 6.00. The summed E-state index contributed by atoms with van der Waals surface area (Å²) in [5.74, 6) is 0.126. The van der Waals surface area contributed by atoms with E-state index in [-0.39, 0.29) is 17.7 Å². The van der Waals surface area contributed by atoms with E-state index in [1.54, 1.807) is 6.08 Å². The van der Waals surface area contributed by atoms with E-state index in [1.807, 2.05) is 55.5 Å². The summed E-state index contributed by atoms with van der Waals surface area (Å²) in [5, 5.41) is 3.51. The number of hydrogen-bond acceptors (Lipinski definition) is 2. The summed E-state index contributed by atoms with van der Waals surface area (Å²) < 4.78 is 0. The van der Waals surface area contributed by atoms with Gasteiger partial charge in [0.25, 0.3) is 0 Å². The van der Waals surface area contributed by atoms with Gasteiger partial charge in [0.2, 0.25) is 0 Å². The number of allylic oxidation sites excluding steroid dienone is 1. The van der Waals surface area contributed by atoms with Crippen LogP contribution >= 0.6 is 0 Å². The lowest BCUT2D eigenvalue weighted by Gasteiger charge is -2.30. The first-order chi connectivity index (χ1) is 9.75. The molecule has 2 atom stereocenters. The third-order valence-corrected chi connectivity index (χ3v) is 3.79. The molecule has 2 nitrogen and oxygen atoms in total. The van der Waals surface area contributed by atoms with Gasteiger partial charge in [-0.05, 0) is 11.1 Å². The van der Waals surface area contributed by atoms with Crippen molar-refractivity contribution in [3.05, 3.63) is 77.9 Å². The molecule has 0 amide bonds. The predicted octanol–water partition coefficient (Wildman–Crippen LogP) is 3.58. The molecule has 2 heteroatoms. The second-order valence-corrected chi connectivity index (χ2v) is 5.15. The van der Waals surface area contributed by atoms with Gasteiger partial charge >= 0.3 is 0 Å². The van der Waals surface area contributed by atoms with Crippen molar-refractivity contribution in [3.8, 4) is 0 Å². The number of hydrogen-bond donors (Lipinski definition) is 1. The summed E-state index contributed by atoms with van der Waals surface area (Å²) in [4.78, 5) is 12.2. The molecule has 0 saturated heterocycles. The van der Waals surface area contributed by atoms with Crippen LogP contribution in [-0.4, -0.2) is 5.78 Å². The van der Waals surface area contributed by atoms with Crippen molar-refractivity contribution in [3.63, 3.8) is 0 Å². The van der Waals surface area contributed by atoms with Gasteiger partial charge < -0.3 is 5.32 Å². The molecule has 100 valence electrons. The van der Waals surface area contributed by atoms with Crippen molar-refractivity contribution in [2.75, 3.05) is 0 Å². The van der Waals surface area contributed by atoms with Gasteiger partial charge in [0.15, 0.2) is 5.78 Å². The molecule has 0 bridgehead atoms. The van der Waals surface area contributed by atoms with E-state index in [0.717, 1.165) is 16.8 Å². The molecule has 1 aliphatic rings. The van der Waals surface area contributed by atoms with Crippen molar-refractivity contribution in [1.29, 1.82) is 0 Å². The summed E-state index contributed by atoms with van der Waals surface area (Å²) in [5.41, 5.74) is 3.10. The lowest BCUT2D eigenvalue weighted by molar-refractivity contribution is -0.118. The lowest BCUT2D eigenvalue weighted by Crippen LogP contribution is -2.34. The molecule has 0 spiro atoms. The fourth-order valence-electron chi connectivity index (χ4n) is 2.59. The van der Waals surface area contributed by atoms with Crippen LogP contribution in [0.5, 0.6) is 0 Å². The summed E-state index contributed by atoms with van der Waals surface area (Å²) in [6.45, 7) is 1.98. The maximum Gasteiger partial charge on any atom is 0.162 e. The van der Waals surface area contributed by atoms with Gasteiger partial charge in [-0.3, -0.25) is 4.79 Å². The van der Waals surface area contributed by atoms with Gasteiger partial charge in [0, 0.05) is 17.7 Å². The molecule has 0 aromatic heterocycles. The minimum Gasteiger partial charge on any atom is -0.377 e. The highest BCUT2D eigenvalue weighted by Gasteiger charge is 2.29. The largest absolute Gasteiger partial charge is 0.377 e. The molecule has 0 radical (unpaired) electrons. The molecule has 2 aromatic rings. The second kappa shape index (κ2) is 5.33. The Bertz CT molecular complexity index is 631. The van der Waals surface area contributed by atoms with Crippen molar-refractivity contribution < 1.29 is 4.79 Å². The van der Waals surface area contributed by atoms with Crippen LogP contribution < -0.4 is 5.32 Å². The number of nitrogens with one attached hydrogen (secondary N) is 1. The molecular formula is C18H17NO. The highest BCUT2D eigenvalue weighted by atomic mass is 16.1. The fourth-order valence-corrected chi connectivity index (χ4v) is 2.59. The van der Waals surface area contributed by atoms with Crippen molar-refractivity contribution in [2.45, 2.75) is 13.0 Å². The molecule has 1 N–H and O–H groups in total. The summed E-state index contributed by atoms with van der Waals surface area (Å²) in [7, 11) is 0. The number of ketones is 1. The minimum absolute atomic E-state index is 0.0314. The zero-order valence-electron chi connectivity index (χ0n) is 11.4. The number of benzene rings is 2. The Labute approximate surface area is 119 Å². The van der Waals surface area contributed by atoms with Crippen LogP contribution in [0, 0.1) is 5.92 Å². The molecule has 1 aliphatic heterocycles. The van der Waals surface area contributed by atoms with E-state index >= 15 is 0 Å². The average Bonchev–Trinajstić information content (AvgIpc) is 2.51.